The topological polar surface area (TPSA) is 0 Å². The molecule has 0 atom stereocenters. The molecular weight excluding hydrogens is 276 g/mol. The van der Waals surface area contributed by atoms with Gasteiger partial charge in [0, 0.05) is 5.41 Å². The highest BCUT2D eigenvalue weighted by atomic mass is 14.4. The van der Waals surface area contributed by atoms with Crippen molar-refractivity contribution in [2.45, 2.75) is 39.5 Å². The Morgan fingerprint density at radius 3 is 1.61 bits per heavy atom. The minimum atomic E-state index is -0.0887. The Morgan fingerprint density at radius 2 is 1.17 bits per heavy atom. The van der Waals surface area contributed by atoms with Gasteiger partial charge < -0.3 is 0 Å². The van der Waals surface area contributed by atoms with Crippen molar-refractivity contribution in [3.63, 3.8) is 0 Å². The number of hydrogen-bond acceptors (Lipinski definition) is 0. The Kier molecular flexibility index (Phi) is 4.02. The summed E-state index contributed by atoms with van der Waals surface area (Å²) in [6.45, 7) is 9.32. The molecule has 2 aromatic carbocycles. The normalized spacial score (nSPS) is 15.3. The third-order valence-electron chi connectivity index (χ3n) is 5.05. The summed E-state index contributed by atoms with van der Waals surface area (Å²) < 4.78 is 0. The maximum atomic E-state index is 2.38. The van der Waals surface area contributed by atoms with E-state index in [0.717, 1.165) is 6.42 Å². The van der Waals surface area contributed by atoms with Gasteiger partial charge in [0.15, 0.2) is 0 Å². The van der Waals surface area contributed by atoms with Crippen LogP contribution in [0.25, 0.3) is 0 Å². The summed E-state index contributed by atoms with van der Waals surface area (Å²) in [4.78, 5) is 0. The van der Waals surface area contributed by atoms with Crippen molar-refractivity contribution in [3.8, 4) is 0 Å². The summed E-state index contributed by atoms with van der Waals surface area (Å²) in [7, 11) is 0. The molecule has 0 aromatic heterocycles. The molecule has 0 N–H and O–H groups in total. The van der Waals surface area contributed by atoms with E-state index in [0.29, 0.717) is 0 Å². The molecule has 0 saturated carbocycles. The van der Waals surface area contributed by atoms with Crippen molar-refractivity contribution in [2.75, 3.05) is 0 Å². The van der Waals surface area contributed by atoms with Gasteiger partial charge in [-0.1, -0.05) is 93.6 Å². The number of rotatable bonds is 3. The van der Waals surface area contributed by atoms with Crippen molar-refractivity contribution in [3.05, 3.63) is 95.1 Å². The van der Waals surface area contributed by atoms with Crippen LogP contribution in [0.15, 0.2) is 84.0 Å². The van der Waals surface area contributed by atoms with Crippen LogP contribution in [-0.2, 0) is 5.41 Å². The molecule has 3 rings (SSSR count). The highest BCUT2D eigenvalue weighted by Gasteiger charge is 2.37. The van der Waals surface area contributed by atoms with Crippen molar-refractivity contribution in [1.29, 1.82) is 0 Å². The molecule has 0 heterocycles. The third kappa shape index (κ3) is 2.79. The summed E-state index contributed by atoms with van der Waals surface area (Å²) in [5, 5.41) is 0. The van der Waals surface area contributed by atoms with Crippen LogP contribution < -0.4 is 0 Å². The molecule has 0 spiro atoms. The van der Waals surface area contributed by atoms with E-state index in [1.807, 2.05) is 0 Å². The van der Waals surface area contributed by atoms with Gasteiger partial charge in [-0.3, -0.25) is 0 Å². The first-order chi connectivity index (χ1) is 10.9. The summed E-state index contributed by atoms with van der Waals surface area (Å²) in [5.74, 6) is 0. The maximum absolute atomic E-state index is 2.38. The molecule has 1 aliphatic rings. The lowest BCUT2D eigenvalue weighted by Crippen LogP contribution is -2.28. The average Bonchev–Trinajstić information content (AvgIpc) is 3.06. The second-order valence-corrected chi connectivity index (χ2v) is 7.61. The first-order valence-corrected chi connectivity index (χ1v) is 8.46. The molecule has 0 amide bonds. The Hall–Kier alpha value is -2.08. The first kappa shape index (κ1) is 15.8. The van der Waals surface area contributed by atoms with Crippen LogP contribution in [0, 0.1) is 5.41 Å². The SMILES string of the molecule is CC(C)(C)C1=C(C(C)(c2ccccc2)c2ccccc2)CC=C1. The predicted molar refractivity (Wildman–Crippen MR) is 99.6 cm³/mol. The standard InChI is InChI=1S/C23H26/c1-22(2,3)20-16-11-17-21(20)23(4,18-12-7-5-8-13-18)19-14-9-6-10-15-19/h5-16H,17H2,1-4H3. The molecule has 0 radical (unpaired) electrons. The van der Waals surface area contributed by atoms with E-state index in [-0.39, 0.29) is 10.8 Å². The van der Waals surface area contributed by atoms with E-state index < -0.39 is 0 Å². The fourth-order valence-corrected chi connectivity index (χ4v) is 3.74. The molecule has 0 nitrogen and oxygen atoms in total. The van der Waals surface area contributed by atoms with Gasteiger partial charge in [-0.2, -0.15) is 0 Å². The van der Waals surface area contributed by atoms with E-state index in [1.54, 1.807) is 0 Å². The Labute approximate surface area is 140 Å². The van der Waals surface area contributed by atoms with Gasteiger partial charge in [0.2, 0.25) is 0 Å². The van der Waals surface area contributed by atoms with E-state index in [1.165, 1.54) is 22.3 Å². The molecule has 1 aliphatic carbocycles. The molecule has 0 aliphatic heterocycles. The zero-order valence-corrected chi connectivity index (χ0v) is 14.6. The van der Waals surface area contributed by atoms with Gasteiger partial charge in [-0.15, -0.1) is 0 Å². The lowest BCUT2D eigenvalue weighted by atomic mass is 9.67. The lowest BCUT2D eigenvalue weighted by molar-refractivity contribution is 0.499. The molecule has 0 unspecified atom stereocenters. The fraction of sp³-hybridized carbons (Fsp3) is 0.304. The van der Waals surface area contributed by atoms with Crippen molar-refractivity contribution in [2.24, 2.45) is 5.41 Å². The molecule has 0 fully saturated rings. The van der Waals surface area contributed by atoms with Crippen LogP contribution in [0.2, 0.25) is 0 Å². The first-order valence-electron chi connectivity index (χ1n) is 8.46. The van der Waals surface area contributed by atoms with Crippen LogP contribution in [0.3, 0.4) is 0 Å². The predicted octanol–water partition coefficient (Wildman–Crippen LogP) is 6.30. The number of allylic oxidation sites excluding steroid dienone is 4. The minimum absolute atomic E-state index is 0.0887. The molecule has 0 saturated heterocycles. The minimum Gasteiger partial charge on any atom is -0.0801 e. The maximum Gasteiger partial charge on any atom is 0.0391 e. The van der Waals surface area contributed by atoms with Crippen LogP contribution in [0.5, 0.6) is 0 Å². The van der Waals surface area contributed by atoms with Crippen molar-refractivity contribution < 1.29 is 0 Å². The van der Waals surface area contributed by atoms with Gasteiger partial charge in [0.05, 0.1) is 0 Å². The van der Waals surface area contributed by atoms with Crippen molar-refractivity contribution in [1.82, 2.24) is 0 Å². The highest BCUT2D eigenvalue weighted by Crippen LogP contribution is 2.47. The average molecular weight is 302 g/mol. The quantitative estimate of drug-likeness (QED) is 0.624. The summed E-state index contributed by atoms with van der Waals surface area (Å²) >= 11 is 0. The Balaban J connectivity index is 2.27. The van der Waals surface area contributed by atoms with Crippen LogP contribution >= 0.6 is 0 Å². The summed E-state index contributed by atoms with van der Waals surface area (Å²) in [6.07, 6.45) is 5.69. The zero-order chi connectivity index (χ0) is 16.5. The number of hydrogen-bond donors (Lipinski definition) is 0. The second kappa shape index (κ2) is 5.85. The number of benzene rings is 2. The largest absolute Gasteiger partial charge is 0.0801 e. The van der Waals surface area contributed by atoms with Gasteiger partial charge in [-0.25, -0.2) is 0 Å². The zero-order valence-electron chi connectivity index (χ0n) is 14.6. The Bertz CT molecular complexity index is 685. The Morgan fingerprint density at radius 1 is 0.696 bits per heavy atom. The highest BCUT2D eigenvalue weighted by molar-refractivity contribution is 5.54. The van der Waals surface area contributed by atoms with Gasteiger partial charge in [0.25, 0.3) is 0 Å². The van der Waals surface area contributed by atoms with E-state index >= 15 is 0 Å². The molecule has 2 aromatic rings. The van der Waals surface area contributed by atoms with Gasteiger partial charge in [-0.05, 0) is 41.0 Å². The smallest absolute Gasteiger partial charge is 0.0391 e. The van der Waals surface area contributed by atoms with Crippen molar-refractivity contribution >= 4 is 0 Å². The molecule has 0 bridgehead atoms. The summed E-state index contributed by atoms with van der Waals surface area (Å²) in [5.41, 5.74) is 5.82. The van der Waals surface area contributed by atoms with Gasteiger partial charge >= 0.3 is 0 Å². The monoisotopic (exact) mass is 302 g/mol. The third-order valence-corrected chi connectivity index (χ3v) is 5.05. The fourth-order valence-electron chi connectivity index (χ4n) is 3.74. The molecule has 23 heavy (non-hydrogen) atoms. The van der Waals surface area contributed by atoms with E-state index in [9.17, 15) is 0 Å². The van der Waals surface area contributed by atoms with Crippen LogP contribution in [-0.4, -0.2) is 0 Å². The van der Waals surface area contributed by atoms with Crippen LogP contribution in [0.1, 0.15) is 45.2 Å². The van der Waals surface area contributed by atoms with Crippen LogP contribution in [0.4, 0.5) is 0 Å². The van der Waals surface area contributed by atoms with E-state index in [4.69, 9.17) is 0 Å². The van der Waals surface area contributed by atoms with E-state index in [2.05, 4.69) is 101 Å². The summed E-state index contributed by atoms with van der Waals surface area (Å²) in [6, 6.07) is 21.8. The second-order valence-electron chi connectivity index (χ2n) is 7.61. The lowest BCUT2D eigenvalue weighted by Gasteiger charge is -2.36. The van der Waals surface area contributed by atoms with Gasteiger partial charge in [0.1, 0.15) is 0 Å². The molecule has 0 heteroatoms. The molecule has 118 valence electrons. The molecular formula is C23H26.